The van der Waals surface area contributed by atoms with Crippen LogP contribution in [0.2, 0.25) is 0 Å². The zero-order valence-electron chi connectivity index (χ0n) is 12.9. The number of ether oxygens (including phenoxy) is 2. The first-order valence-corrected chi connectivity index (χ1v) is 7.00. The van der Waals surface area contributed by atoms with Gasteiger partial charge in [0.1, 0.15) is 5.82 Å². The van der Waals surface area contributed by atoms with E-state index >= 15 is 0 Å². The van der Waals surface area contributed by atoms with Crippen LogP contribution in [-0.4, -0.2) is 30.6 Å². The van der Waals surface area contributed by atoms with Crippen LogP contribution >= 0.6 is 0 Å². The highest BCUT2D eigenvalue weighted by Gasteiger charge is 2.10. The molecule has 0 aliphatic carbocycles. The minimum atomic E-state index is -1.12. The van der Waals surface area contributed by atoms with E-state index in [1.165, 1.54) is 49.6 Å². The number of hydrogen-bond acceptors (Lipinski definition) is 4. The van der Waals surface area contributed by atoms with Gasteiger partial charge in [-0.1, -0.05) is 18.2 Å². The minimum Gasteiger partial charge on any atom is -0.493 e. The van der Waals surface area contributed by atoms with E-state index in [9.17, 15) is 14.0 Å². The fourth-order valence-corrected chi connectivity index (χ4v) is 1.96. The topological polar surface area (TPSA) is 72.8 Å². The summed E-state index contributed by atoms with van der Waals surface area (Å²) in [6.45, 7) is -0.511. The number of carbonyl (C=O) groups is 2. The number of carbonyl (C=O) groups excluding carboxylic acids is 1. The summed E-state index contributed by atoms with van der Waals surface area (Å²) in [5, 5.41) is 8.62. The molecule has 5 nitrogen and oxygen atoms in total. The van der Waals surface area contributed by atoms with Crippen molar-refractivity contribution >= 4 is 17.8 Å². The average molecular weight is 330 g/mol. The van der Waals surface area contributed by atoms with Gasteiger partial charge in [0.2, 0.25) is 0 Å². The molecule has 0 radical (unpaired) electrons. The molecule has 1 N–H and O–H groups in total. The molecule has 2 rings (SSSR count). The molecule has 0 aliphatic heterocycles. The standard InChI is InChI=1S/C18H15FO5/c1-23-17-10-13(6-8-16(17)24-11-18(21)22)15(20)7-5-12-3-2-4-14(19)9-12/h2-10H,11H2,1H3,(H,21,22). The van der Waals surface area contributed by atoms with Gasteiger partial charge in [-0.05, 0) is 42.0 Å². The van der Waals surface area contributed by atoms with Gasteiger partial charge in [0.05, 0.1) is 7.11 Å². The lowest BCUT2D eigenvalue weighted by Crippen LogP contribution is -2.10. The summed E-state index contributed by atoms with van der Waals surface area (Å²) in [5.41, 5.74) is 0.902. The van der Waals surface area contributed by atoms with Crippen molar-refractivity contribution in [3.8, 4) is 11.5 Å². The van der Waals surface area contributed by atoms with E-state index in [2.05, 4.69) is 0 Å². The van der Waals surface area contributed by atoms with Crippen LogP contribution in [0.3, 0.4) is 0 Å². The fourth-order valence-electron chi connectivity index (χ4n) is 1.96. The molecule has 0 spiro atoms. The number of hydrogen-bond donors (Lipinski definition) is 1. The van der Waals surface area contributed by atoms with E-state index in [0.717, 1.165) is 0 Å². The Hall–Kier alpha value is -3.15. The summed E-state index contributed by atoms with van der Waals surface area (Å²) < 4.78 is 23.3. The number of carboxylic acids is 1. The predicted octanol–water partition coefficient (Wildman–Crippen LogP) is 3.19. The maximum atomic E-state index is 13.1. The van der Waals surface area contributed by atoms with E-state index in [4.69, 9.17) is 14.6 Å². The van der Waals surface area contributed by atoms with E-state index in [1.54, 1.807) is 12.1 Å². The molecular formula is C18H15FO5. The Morgan fingerprint density at radius 2 is 1.96 bits per heavy atom. The molecule has 0 amide bonds. The quantitative estimate of drug-likeness (QED) is 0.623. The largest absolute Gasteiger partial charge is 0.493 e. The van der Waals surface area contributed by atoms with Crippen molar-refractivity contribution in [1.82, 2.24) is 0 Å². The third kappa shape index (κ3) is 4.67. The Bertz CT molecular complexity index is 783. The molecule has 2 aromatic rings. The number of allylic oxidation sites excluding steroid dienone is 1. The summed E-state index contributed by atoms with van der Waals surface area (Å²) in [6, 6.07) is 10.3. The van der Waals surface area contributed by atoms with Crippen LogP contribution in [0, 0.1) is 5.82 Å². The second-order valence-corrected chi connectivity index (χ2v) is 4.80. The molecule has 0 saturated heterocycles. The Morgan fingerprint density at radius 3 is 2.62 bits per heavy atom. The van der Waals surface area contributed by atoms with Crippen molar-refractivity contribution in [2.75, 3.05) is 13.7 Å². The van der Waals surface area contributed by atoms with Gasteiger partial charge >= 0.3 is 5.97 Å². The van der Waals surface area contributed by atoms with Crippen LogP contribution in [0.1, 0.15) is 15.9 Å². The van der Waals surface area contributed by atoms with E-state index in [0.29, 0.717) is 11.1 Å². The van der Waals surface area contributed by atoms with Gasteiger partial charge in [0.25, 0.3) is 0 Å². The maximum Gasteiger partial charge on any atom is 0.341 e. The van der Waals surface area contributed by atoms with Crippen molar-refractivity contribution in [3.63, 3.8) is 0 Å². The Morgan fingerprint density at radius 1 is 1.17 bits per heavy atom. The lowest BCUT2D eigenvalue weighted by atomic mass is 10.1. The van der Waals surface area contributed by atoms with Gasteiger partial charge in [-0.15, -0.1) is 0 Å². The normalized spacial score (nSPS) is 10.6. The summed E-state index contributed by atoms with van der Waals surface area (Å²) in [5.74, 6) is -1.32. The first kappa shape index (κ1) is 17.2. The molecule has 0 heterocycles. The van der Waals surface area contributed by atoms with Crippen molar-refractivity contribution in [2.24, 2.45) is 0 Å². The molecule has 0 aromatic heterocycles. The minimum absolute atomic E-state index is 0.227. The number of aliphatic carboxylic acids is 1. The molecule has 2 aromatic carbocycles. The van der Waals surface area contributed by atoms with Crippen LogP contribution in [-0.2, 0) is 4.79 Å². The summed E-state index contributed by atoms with van der Waals surface area (Å²) >= 11 is 0. The van der Waals surface area contributed by atoms with Gasteiger partial charge in [0, 0.05) is 5.56 Å². The smallest absolute Gasteiger partial charge is 0.341 e. The summed E-state index contributed by atoms with van der Waals surface area (Å²) in [7, 11) is 1.39. The molecule has 0 saturated carbocycles. The molecule has 0 bridgehead atoms. The number of rotatable bonds is 7. The van der Waals surface area contributed by atoms with Gasteiger partial charge in [-0.3, -0.25) is 4.79 Å². The first-order chi connectivity index (χ1) is 11.5. The molecule has 0 fully saturated rings. The Labute approximate surface area is 137 Å². The fraction of sp³-hybridized carbons (Fsp3) is 0.111. The maximum absolute atomic E-state index is 13.1. The predicted molar refractivity (Wildman–Crippen MR) is 85.9 cm³/mol. The lowest BCUT2D eigenvalue weighted by molar-refractivity contribution is -0.139. The van der Waals surface area contributed by atoms with Crippen LogP contribution in [0.15, 0.2) is 48.5 Å². The molecule has 6 heteroatoms. The molecule has 124 valence electrons. The third-order valence-electron chi connectivity index (χ3n) is 3.08. The Kier molecular flexibility index (Phi) is 5.68. The van der Waals surface area contributed by atoms with E-state index in [-0.39, 0.29) is 23.1 Å². The SMILES string of the molecule is COc1cc(C(=O)C=Cc2cccc(F)c2)ccc1OCC(=O)O. The van der Waals surface area contributed by atoms with Crippen LogP contribution in [0.4, 0.5) is 4.39 Å². The lowest BCUT2D eigenvalue weighted by Gasteiger charge is -2.09. The molecule has 0 atom stereocenters. The van der Waals surface area contributed by atoms with Crippen LogP contribution in [0.5, 0.6) is 11.5 Å². The van der Waals surface area contributed by atoms with Gasteiger partial charge in [-0.25, -0.2) is 9.18 Å². The van der Waals surface area contributed by atoms with Crippen molar-refractivity contribution < 1.29 is 28.6 Å². The number of ketones is 1. The molecule has 0 aliphatic rings. The average Bonchev–Trinajstić information content (AvgIpc) is 2.57. The molecular weight excluding hydrogens is 315 g/mol. The first-order valence-electron chi connectivity index (χ1n) is 7.00. The van der Waals surface area contributed by atoms with E-state index < -0.39 is 12.6 Å². The van der Waals surface area contributed by atoms with Crippen LogP contribution < -0.4 is 9.47 Å². The van der Waals surface area contributed by atoms with Gasteiger partial charge < -0.3 is 14.6 Å². The highest BCUT2D eigenvalue weighted by atomic mass is 19.1. The molecule has 0 unspecified atom stereocenters. The Balaban J connectivity index is 2.16. The summed E-state index contributed by atoms with van der Waals surface area (Å²) in [6.07, 6.45) is 2.83. The number of carboxylic acid groups (broad SMARTS) is 1. The zero-order valence-corrected chi connectivity index (χ0v) is 12.9. The highest BCUT2D eigenvalue weighted by Crippen LogP contribution is 2.28. The molecule has 24 heavy (non-hydrogen) atoms. The van der Waals surface area contributed by atoms with Crippen LogP contribution in [0.25, 0.3) is 6.08 Å². The second kappa shape index (κ2) is 7.92. The second-order valence-electron chi connectivity index (χ2n) is 4.80. The number of benzene rings is 2. The number of halogens is 1. The number of methoxy groups -OCH3 is 1. The van der Waals surface area contributed by atoms with Crippen molar-refractivity contribution in [1.29, 1.82) is 0 Å². The van der Waals surface area contributed by atoms with Crippen molar-refractivity contribution in [2.45, 2.75) is 0 Å². The zero-order chi connectivity index (χ0) is 17.5. The summed E-state index contributed by atoms with van der Waals surface area (Å²) in [4.78, 5) is 22.7. The highest BCUT2D eigenvalue weighted by molar-refractivity contribution is 6.07. The van der Waals surface area contributed by atoms with Gasteiger partial charge in [-0.2, -0.15) is 0 Å². The van der Waals surface area contributed by atoms with Gasteiger partial charge in [0.15, 0.2) is 23.9 Å². The van der Waals surface area contributed by atoms with Crippen molar-refractivity contribution in [3.05, 3.63) is 65.5 Å². The third-order valence-corrected chi connectivity index (χ3v) is 3.08. The monoisotopic (exact) mass is 330 g/mol. The van der Waals surface area contributed by atoms with E-state index in [1.807, 2.05) is 0 Å².